The van der Waals surface area contributed by atoms with Gasteiger partial charge in [0.1, 0.15) is 11.4 Å². The third-order valence-corrected chi connectivity index (χ3v) is 18.2. The molecule has 0 unspecified atom stereocenters. The molecule has 18 rings (SSSR count). The Hall–Kier alpha value is -11.8. The molecule has 0 fully saturated rings. The third kappa shape index (κ3) is 7.64. The van der Waals surface area contributed by atoms with Crippen molar-refractivity contribution in [2.75, 3.05) is 0 Å². The summed E-state index contributed by atoms with van der Waals surface area (Å²) in [5, 5.41) is 9.21. The predicted molar refractivity (Wildman–Crippen MR) is 369 cm³/mol. The van der Waals surface area contributed by atoms with Crippen molar-refractivity contribution in [3.8, 4) is 78.6 Å². The number of para-hydroxylation sites is 4. The molecule has 13 aromatic carbocycles. The van der Waals surface area contributed by atoms with Gasteiger partial charge < -0.3 is 9.13 Å². The number of aromatic nitrogens is 5. The second-order valence-electron chi connectivity index (χ2n) is 23.0. The summed E-state index contributed by atoms with van der Waals surface area (Å²) >= 11 is 0. The molecule has 5 heteroatoms. The van der Waals surface area contributed by atoms with Gasteiger partial charge >= 0.3 is 0 Å². The Balaban J connectivity index is 1.09. The Labute approximate surface area is 507 Å². The highest BCUT2D eigenvalue weighted by atomic mass is 15.2. The maximum absolute atomic E-state index is 6.59. The molecule has 5 nitrogen and oxygen atoms in total. The van der Waals surface area contributed by atoms with Crippen molar-refractivity contribution in [1.82, 2.24) is 23.3 Å². The first-order chi connectivity index (χ1) is 43.7. The Kier molecular flexibility index (Phi) is 11.2. The molecular formula is C83H53N5. The summed E-state index contributed by atoms with van der Waals surface area (Å²) in [6, 6.07) is 118. The number of fused-ring (bicyclic) bond motifs is 12. The molecule has 18 aromatic rings. The fourth-order valence-corrected chi connectivity index (χ4v) is 14.2. The van der Waals surface area contributed by atoms with Gasteiger partial charge in [0.15, 0.2) is 11.6 Å². The van der Waals surface area contributed by atoms with Crippen LogP contribution >= 0.6 is 0 Å². The Morgan fingerprint density at radius 3 is 0.670 bits per heavy atom. The smallest absolute Gasteiger partial charge is 0.165 e. The number of nitrogens with zero attached hydrogens (tertiary/aromatic N) is 5. The van der Waals surface area contributed by atoms with Crippen LogP contribution in [0.4, 0.5) is 0 Å². The molecule has 0 atom stereocenters. The van der Waals surface area contributed by atoms with Crippen molar-refractivity contribution in [2.24, 2.45) is 0 Å². The lowest BCUT2D eigenvalue weighted by Gasteiger charge is -2.27. The maximum atomic E-state index is 6.59. The average molecular weight is 1120 g/mol. The van der Waals surface area contributed by atoms with Crippen molar-refractivity contribution >= 4 is 87.2 Å². The summed E-state index contributed by atoms with van der Waals surface area (Å²) in [5.41, 5.74) is 21.8. The minimum Gasteiger partial charge on any atom is -0.305 e. The van der Waals surface area contributed by atoms with Crippen molar-refractivity contribution in [1.29, 1.82) is 0 Å². The molecule has 0 aliphatic heterocycles. The predicted octanol–water partition coefficient (Wildman–Crippen LogP) is 21.8. The minimum absolute atomic E-state index is 0.793. The normalized spacial score (nSPS) is 11.9. The fourth-order valence-electron chi connectivity index (χ4n) is 14.2. The quantitative estimate of drug-likeness (QED) is 0.142. The van der Waals surface area contributed by atoms with Gasteiger partial charge in [-0.05, 0) is 123 Å². The molecular weight excluding hydrogens is 1070 g/mol. The van der Waals surface area contributed by atoms with Crippen LogP contribution in [-0.2, 0) is 0 Å². The van der Waals surface area contributed by atoms with Gasteiger partial charge in [0, 0.05) is 48.7 Å². The van der Waals surface area contributed by atoms with Crippen LogP contribution in [0.2, 0.25) is 0 Å². The molecule has 0 bridgehead atoms. The highest BCUT2D eigenvalue weighted by Crippen LogP contribution is 2.50. The van der Waals surface area contributed by atoms with Gasteiger partial charge in [-0.15, -0.1) is 0 Å². The second-order valence-corrected chi connectivity index (χ2v) is 23.0. The van der Waals surface area contributed by atoms with Crippen LogP contribution in [0.25, 0.3) is 166 Å². The van der Waals surface area contributed by atoms with Gasteiger partial charge in [-0.25, -0.2) is 4.98 Å². The summed E-state index contributed by atoms with van der Waals surface area (Å²) in [4.78, 5) is 6.59. The summed E-state index contributed by atoms with van der Waals surface area (Å²) in [6.45, 7) is 0. The highest BCUT2D eigenvalue weighted by molar-refractivity contribution is 6.17. The number of hydrogen-bond donors (Lipinski definition) is 0. The Morgan fingerprint density at radius 1 is 0.170 bits per heavy atom. The van der Waals surface area contributed by atoms with Crippen molar-refractivity contribution < 1.29 is 0 Å². The van der Waals surface area contributed by atoms with Gasteiger partial charge in [-0.1, -0.05) is 249 Å². The molecule has 0 saturated carbocycles. The first-order valence-electron chi connectivity index (χ1n) is 30.2. The molecule has 0 aliphatic rings. The molecule has 0 aliphatic carbocycles. The van der Waals surface area contributed by atoms with E-state index in [1.165, 1.54) is 21.5 Å². The van der Waals surface area contributed by atoms with Crippen LogP contribution < -0.4 is 0 Å². The minimum atomic E-state index is 0.793. The second kappa shape index (κ2) is 19.9. The van der Waals surface area contributed by atoms with E-state index in [1.807, 2.05) is 0 Å². The van der Waals surface area contributed by atoms with E-state index in [1.54, 1.807) is 0 Å². The maximum Gasteiger partial charge on any atom is 0.165 e. The van der Waals surface area contributed by atoms with E-state index >= 15 is 0 Å². The van der Waals surface area contributed by atoms with Gasteiger partial charge in [0.25, 0.3) is 0 Å². The zero-order valence-corrected chi connectivity index (χ0v) is 47.8. The first kappa shape index (κ1) is 49.6. The average Bonchev–Trinajstić information content (AvgIpc) is 1.51. The van der Waals surface area contributed by atoms with Crippen molar-refractivity contribution in [2.45, 2.75) is 0 Å². The van der Waals surface area contributed by atoms with Gasteiger partial charge in [0.05, 0.1) is 44.1 Å². The monoisotopic (exact) mass is 1120 g/mol. The number of hydrogen-bond acceptors (Lipinski definition) is 1. The molecule has 5 aromatic heterocycles. The van der Waals surface area contributed by atoms with E-state index in [9.17, 15) is 0 Å². The Bertz CT molecular complexity index is 5140. The molecule has 0 saturated heterocycles. The number of benzene rings is 13. The fraction of sp³-hybridized carbons (Fsp3) is 0. The molecule has 0 N–H and O–H groups in total. The topological polar surface area (TPSA) is 32.6 Å². The van der Waals surface area contributed by atoms with Crippen LogP contribution in [0.15, 0.2) is 322 Å². The van der Waals surface area contributed by atoms with E-state index in [0.717, 1.165) is 144 Å². The third-order valence-electron chi connectivity index (χ3n) is 18.2. The van der Waals surface area contributed by atoms with Crippen molar-refractivity contribution in [3.63, 3.8) is 0 Å². The standard InChI is InChI=1S/C83H53N5/c1-6-24-54(25-7-1)59-42-46-75-67(50-59)68-51-60(55-26-8-2-9-27-55)43-47-76(68)87(75)82-80(85-71-38-20-16-34-63(71)64-35-17-21-39-72(64)85)79(58-32-14-5-15-33-58)81(86-73-40-22-18-36-65(73)66-37-19-23-41-74(66)86)83(84-82)88-77-48-44-61(56-28-10-3-11-29-56)52-69(77)70-53-62(45-49-78(70)88)57-30-12-4-13-31-57/h1-53H. The molecule has 5 heterocycles. The lowest BCUT2D eigenvalue weighted by Crippen LogP contribution is -2.16. The first-order valence-corrected chi connectivity index (χ1v) is 30.2. The van der Waals surface area contributed by atoms with Gasteiger partial charge in [0.2, 0.25) is 0 Å². The largest absolute Gasteiger partial charge is 0.305 e. The summed E-state index contributed by atoms with van der Waals surface area (Å²) in [7, 11) is 0. The zero-order chi connectivity index (χ0) is 57.8. The van der Waals surface area contributed by atoms with E-state index in [2.05, 4.69) is 340 Å². The molecule has 0 amide bonds. The molecule has 0 spiro atoms. The molecule has 410 valence electrons. The van der Waals surface area contributed by atoms with Crippen LogP contribution in [0.3, 0.4) is 0 Å². The van der Waals surface area contributed by atoms with Crippen LogP contribution in [0.1, 0.15) is 0 Å². The van der Waals surface area contributed by atoms with Crippen LogP contribution in [0.5, 0.6) is 0 Å². The van der Waals surface area contributed by atoms with E-state index in [0.29, 0.717) is 0 Å². The molecule has 0 radical (unpaired) electrons. The SMILES string of the molecule is c1ccc(-c2ccc3c(c2)c2cc(-c4ccccc4)ccc2n3-c2nc(-n3c4ccc(-c5ccccc5)cc4c4cc(-c5ccccc5)ccc43)c(-n3c4ccccc4c4ccccc43)c(-c3ccccc3)c2-n2c3ccccc3c3ccccc32)cc1. The van der Waals surface area contributed by atoms with Crippen LogP contribution in [0, 0.1) is 0 Å². The van der Waals surface area contributed by atoms with Crippen molar-refractivity contribution in [3.05, 3.63) is 322 Å². The lowest BCUT2D eigenvalue weighted by molar-refractivity contribution is 0.961. The van der Waals surface area contributed by atoms with E-state index in [-0.39, 0.29) is 0 Å². The number of rotatable bonds is 9. The lowest BCUT2D eigenvalue weighted by atomic mass is 10.00. The van der Waals surface area contributed by atoms with Gasteiger partial charge in [-0.3, -0.25) is 9.13 Å². The Morgan fingerprint density at radius 2 is 0.398 bits per heavy atom. The highest BCUT2D eigenvalue weighted by Gasteiger charge is 2.33. The molecule has 88 heavy (non-hydrogen) atoms. The van der Waals surface area contributed by atoms with Gasteiger partial charge in [-0.2, -0.15) is 0 Å². The summed E-state index contributed by atoms with van der Waals surface area (Å²) in [6.07, 6.45) is 0. The zero-order valence-electron chi connectivity index (χ0n) is 47.8. The summed E-state index contributed by atoms with van der Waals surface area (Å²) in [5.74, 6) is 1.59. The van der Waals surface area contributed by atoms with E-state index < -0.39 is 0 Å². The van der Waals surface area contributed by atoms with Crippen LogP contribution in [-0.4, -0.2) is 23.3 Å². The summed E-state index contributed by atoms with van der Waals surface area (Å²) < 4.78 is 10.0. The van der Waals surface area contributed by atoms with E-state index in [4.69, 9.17) is 4.98 Å². The number of pyridine rings is 1.